The van der Waals surface area contributed by atoms with E-state index in [0.717, 1.165) is 24.3 Å². The van der Waals surface area contributed by atoms with Crippen molar-refractivity contribution in [3.05, 3.63) is 59.2 Å². The molecule has 2 aromatic rings. The topological polar surface area (TPSA) is 38.0 Å². The molecule has 0 amide bonds. The average Bonchev–Trinajstić information content (AvgIpc) is 2.43. The number of anilines is 2. The van der Waals surface area contributed by atoms with Crippen LogP contribution in [0, 0.1) is 0 Å². The maximum atomic E-state index is 12.7. The molecule has 2 aromatic carbocycles. The van der Waals surface area contributed by atoms with E-state index in [1.807, 2.05) is 0 Å². The summed E-state index contributed by atoms with van der Waals surface area (Å²) in [6.45, 7) is 0.0683. The molecule has 0 spiro atoms. The molecule has 0 bridgehead atoms. The fourth-order valence-corrected chi connectivity index (χ4v) is 1.93. The molecule has 8 heteroatoms. The first-order valence-corrected chi connectivity index (χ1v) is 6.43. The van der Waals surface area contributed by atoms with Gasteiger partial charge in [-0.1, -0.05) is 12.1 Å². The summed E-state index contributed by atoms with van der Waals surface area (Å²) in [5, 5.41) is 2.71. The molecule has 0 heterocycles. The summed E-state index contributed by atoms with van der Waals surface area (Å²) >= 11 is 0. The van der Waals surface area contributed by atoms with Crippen molar-refractivity contribution in [3.63, 3.8) is 0 Å². The van der Waals surface area contributed by atoms with Crippen LogP contribution in [0.25, 0.3) is 0 Å². The first kappa shape index (κ1) is 17.0. The molecule has 0 fully saturated rings. The van der Waals surface area contributed by atoms with Gasteiger partial charge in [0.1, 0.15) is 0 Å². The van der Waals surface area contributed by atoms with Crippen molar-refractivity contribution in [1.82, 2.24) is 0 Å². The maximum absolute atomic E-state index is 12.7. The minimum Gasteiger partial charge on any atom is -0.399 e. The van der Waals surface area contributed by atoms with Crippen LogP contribution in [0.4, 0.5) is 37.7 Å². The van der Waals surface area contributed by atoms with Gasteiger partial charge < -0.3 is 11.1 Å². The molecule has 0 aliphatic heterocycles. The van der Waals surface area contributed by atoms with Crippen LogP contribution in [0.3, 0.4) is 0 Å². The van der Waals surface area contributed by atoms with Crippen LogP contribution in [0.1, 0.15) is 16.7 Å². The second-order valence-electron chi connectivity index (χ2n) is 4.89. The number of benzene rings is 2. The Labute approximate surface area is 127 Å². The first-order chi connectivity index (χ1) is 10.6. The molecule has 3 N–H and O–H groups in total. The van der Waals surface area contributed by atoms with E-state index in [4.69, 9.17) is 5.73 Å². The van der Waals surface area contributed by atoms with Gasteiger partial charge in [-0.05, 0) is 35.9 Å². The lowest BCUT2D eigenvalue weighted by molar-refractivity contribution is -0.138. The van der Waals surface area contributed by atoms with Gasteiger partial charge in [0.25, 0.3) is 0 Å². The molecular formula is C15H12F6N2. The van der Waals surface area contributed by atoms with Gasteiger partial charge in [-0.15, -0.1) is 0 Å². The number of halogens is 6. The Bertz CT molecular complexity index is 674. The molecule has 0 atom stereocenters. The summed E-state index contributed by atoms with van der Waals surface area (Å²) in [6.07, 6.45) is -8.96. The Morgan fingerprint density at radius 3 is 1.87 bits per heavy atom. The standard InChI is InChI=1S/C15H12F6N2/c16-14(17,18)10-3-1-9(2-4-10)8-23-13-6-11(15(19,20)21)5-12(22)7-13/h1-7,23H,8,22H2. The Hall–Kier alpha value is -2.38. The molecule has 0 aliphatic carbocycles. The van der Waals surface area contributed by atoms with Crippen LogP contribution in [0.5, 0.6) is 0 Å². The van der Waals surface area contributed by atoms with Gasteiger partial charge in [0, 0.05) is 17.9 Å². The second kappa shape index (κ2) is 6.02. The van der Waals surface area contributed by atoms with E-state index in [1.54, 1.807) is 0 Å². The van der Waals surface area contributed by atoms with Crippen molar-refractivity contribution in [2.45, 2.75) is 18.9 Å². The van der Waals surface area contributed by atoms with Gasteiger partial charge >= 0.3 is 12.4 Å². The van der Waals surface area contributed by atoms with Crippen LogP contribution in [-0.4, -0.2) is 0 Å². The molecular weight excluding hydrogens is 322 g/mol. The minimum absolute atomic E-state index is 0.0604. The normalized spacial score (nSPS) is 12.3. The monoisotopic (exact) mass is 334 g/mol. The molecule has 23 heavy (non-hydrogen) atoms. The lowest BCUT2D eigenvalue weighted by atomic mass is 10.1. The Morgan fingerprint density at radius 2 is 1.35 bits per heavy atom. The predicted octanol–water partition coefficient (Wildman–Crippen LogP) is 4.92. The minimum atomic E-state index is -4.53. The van der Waals surface area contributed by atoms with E-state index in [1.165, 1.54) is 18.2 Å². The Kier molecular flexibility index (Phi) is 4.44. The van der Waals surface area contributed by atoms with Crippen LogP contribution in [0.2, 0.25) is 0 Å². The summed E-state index contributed by atoms with van der Waals surface area (Å²) < 4.78 is 75.3. The smallest absolute Gasteiger partial charge is 0.399 e. The predicted molar refractivity (Wildman–Crippen MR) is 74.6 cm³/mol. The fourth-order valence-electron chi connectivity index (χ4n) is 1.93. The van der Waals surface area contributed by atoms with Gasteiger partial charge in [-0.2, -0.15) is 26.3 Å². The zero-order valence-corrected chi connectivity index (χ0v) is 11.6. The third-order valence-electron chi connectivity index (χ3n) is 3.06. The first-order valence-electron chi connectivity index (χ1n) is 6.43. The zero-order valence-electron chi connectivity index (χ0n) is 11.6. The van der Waals surface area contributed by atoms with Crippen LogP contribution >= 0.6 is 0 Å². The van der Waals surface area contributed by atoms with Crippen molar-refractivity contribution in [3.8, 4) is 0 Å². The van der Waals surface area contributed by atoms with E-state index in [0.29, 0.717) is 5.56 Å². The van der Waals surface area contributed by atoms with Crippen LogP contribution in [-0.2, 0) is 18.9 Å². The fraction of sp³-hybridized carbons (Fsp3) is 0.200. The second-order valence-corrected chi connectivity index (χ2v) is 4.89. The Morgan fingerprint density at radius 1 is 0.783 bits per heavy atom. The summed E-state index contributed by atoms with van der Waals surface area (Å²) in [5.41, 5.74) is 4.31. The lowest BCUT2D eigenvalue weighted by Gasteiger charge is -2.13. The van der Waals surface area contributed by atoms with Gasteiger partial charge in [-0.25, -0.2) is 0 Å². The highest BCUT2D eigenvalue weighted by Gasteiger charge is 2.31. The van der Waals surface area contributed by atoms with Gasteiger partial charge in [-0.3, -0.25) is 0 Å². The molecule has 0 saturated heterocycles. The molecule has 2 nitrogen and oxygen atoms in total. The zero-order chi connectivity index (χ0) is 17.3. The van der Waals surface area contributed by atoms with Gasteiger partial charge in [0.15, 0.2) is 0 Å². The summed E-state index contributed by atoms with van der Waals surface area (Å²) in [4.78, 5) is 0. The number of hydrogen-bond acceptors (Lipinski definition) is 2. The number of nitrogens with one attached hydrogen (secondary N) is 1. The summed E-state index contributed by atoms with van der Waals surface area (Å²) in [6, 6.07) is 7.36. The average molecular weight is 334 g/mol. The van der Waals surface area contributed by atoms with Crippen molar-refractivity contribution in [2.75, 3.05) is 11.1 Å². The van der Waals surface area contributed by atoms with Gasteiger partial charge in [0.05, 0.1) is 11.1 Å². The molecule has 0 saturated carbocycles. The van der Waals surface area contributed by atoms with Crippen molar-refractivity contribution >= 4 is 11.4 Å². The Balaban J connectivity index is 2.11. The van der Waals surface area contributed by atoms with E-state index < -0.39 is 23.5 Å². The lowest BCUT2D eigenvalue weighted by Crippen LogP contribution is -2.08. The van der Waals surface area contributed by atoms with E-state index >= 15 is 0 Å². The van der Waals surface area contributed by atoms with Crippen LogP contribution < -0.4 is 11.1 Å². The van der Waals surface area contributed by atoms with Gasteiger partial charge in [0.2, 0.25) is 0 Å². The highest BCUT2D eigenvalue weighted by Crippen LogP contribution is 2.33. The van der Waals surface area contributed by atoms with Crippen LogP contribution in [0.15, 0.2) is 42.5 Å². The summed E-state index contributed by atoms with van der Waals surface area (Å²) in [5.74, 6) is 0. The third kappa shape index (κ3) is 4.54. The molecule has 0 aromatic heterocycles. The summed E-state index contributed by atoms with van der Waals surface area (Å²) in [7, 11) is 0. The molecule has 0 unspecified atom stereocenters. The number of alkyl halides is 6. The third-order valence-corrected chi connectivity index (χ3v) is 3.06. The number of nitrogen functional groups attached to an aromatic ring is 1. The maximum Gasteiger partial charge on any atom is 0.416 e. The van der Waals surface area contributed by atoms with Crippen molar-refractivity contribution in [1.29, 1.82) is 0 Å². The van der Waals surface area contributed by atoms with Crippen molar-refractivity contribution < 1.29 is 26.3 Å². The molecule has 124 valence electrons. The van der Waals surface area contributed by atoms with Crippen molar-refractivity contribution in [2.24, 2.45) is 0 Å². The molecule has 2 rings (SSSR count). The molecule has 0 aliphatic rings. The number of nitrogens with two attached hydrogens (primary N) is 1. The number of hydrogen-bond donors (Lipinski definition) is 2. The van der Waals surface area contributed by atoms with E-state index in [-0.39, 0.29) is 17.9 Å². The van der Waals surface area contributed by atoms with E-state index in [9.17, 15) is 26.3 Å². The number of rotatable bonds is 3. The molecule has 0 radical (unpaired) electrons. The van der Waals surface area contributed by atoms with E-state index in [2.05, 4.69) is 5.32 Å². The quantitative estimate of drug-likeness (QED) is 0.618. The highest BCUT2D eigenvalue weighted by molar-refractivity contribution is 5.57. The highest BCUT2D eigenvalue weighted by atomic mass is 19.4. The largest absolute Gasteiger partial charge is 0.416 e. The SMILES string of the molecule is Nc1cc(NCc2ccc(C(F)(F)F)cc2)cc(C(F)(F)F)c1.